The highest BCUT2D eigenvalue weighted by atomic mass is 16.5. The number of para-hydroxylation sites is 1. The van der Waals surface area contributed by atoms with Gasteiger partial charge in [-0.25, -0.2) is 4.98 Å². The summed E-state index contributed by atoms with van der Waals surface area (Å²) in [5.41, 5.74) is 6.93. The van der Waals surface area contributed by atoms with Crippen LogP contribution in [-0.2, 0) is 6.42 Å². The molecule has 6 nitrogen and oxygen atoms in total. The van der Waals surface area contributed by atoms with Gasteiger partial charge in [0.2, 0.25) is 0 Å². The summed E-state index contributed by atoms with van der Waals surface area (Å²) in [6.07, 6.45) is 4.27. The Kier molecular flexibility index (Phi) is 8.51. The van der Waals surface area contributed by atoms with Crippen LogP contribution in [0.5, 0.6) is 11.5 Å². The molecule has 0 bridgehead atoms. The van der Waals surface area contributed by atoms with Gasteiger partial charge in [0.15, 0.2) is 6.10 Å². The van der Waals surface area contributed by atoms with E-state index in [2.05, 4.69) is 88.4 Å². The van der Waals surface area contributed by atoms with Gasteiger partial charge in [-0.1, -0.05) is 54.5 Å². The Bertz CT molecular complexity index is 1550. The zero-order chi connectivity index (χ0) is 27.9. The van der Waals surface area contributed by atoms with E-state index in [1.807, 2.05) is 44.4 Å². The average molecular weight is 533 g/mol. The van der Waals surface area contributed by atoms with Crippen molar-refractivity contribution >= 4 is 5.84 Å². The van der Waals surface area contributed by atoms with Gasteiger partial charge in [-0.15, -0.1) is 5.92 Å². The average Bonchev–Trinajstić information content (AvgIpc) is 3.70. The molecule has 0 saturated heterocycles. The van der Waals surface area contributed by atoms with Crippen LogP contribution in [0.1, 0.15) is 47.8 Å². The minimum absolute atomic E-state index is 0.0788. The molecule has 0 amide bonds. The van der Waals surface area contributed by atoms with Crippen molar-refractivity contribution in [3.05, 3.63) is 101 Å². The Morgan fingerprint density at radius 1 is 1.00 bits per heavy atom. The lowest BCUT2D eigenvalue weighted by Gasteiger charge is -2.22. The largest absolute Gasteiger partial charge is 0.482 e. The van der Waals surface area contributed by atoms with Crippen molar-refractivity contribution in [2.45, 2.75) is 46.1 Å². The van der Waals surface area contributed by atoms with Gasteiger partial charge in [0.1, 0.15) is 29.8 Å². The summed E-state index contributed by atoms with van der Waals surface area (Å²) in [5, 5.41) is 3.35. The Morgan fingerprint density at radius 3 is 2.62 bits per heavy atom. The van der Waals surface area contributed by atoms with E-state index in [1.54, 1.807) is 0 Å². The fourth-order valence-corrected chi connectivity index (χ4v) is 5.16. The minimum atomic E-state index is -0.213. The van der Waals surface area contributed by atoms with Crippen LogP contribution < -0.4 is 14.8 Å². The quantitative estimate of drug-likeness (QED) is 0.237. The lowest BCUT2D eigenvalue weighted by molar-refractivity contribution is 0.284. The van der Waals surface area contributed by atoms with Gasteiger partial charge >= 0.3 is 0 Å². The molecule has 1 aliphatic rings. The summed E-state index contributed by atoms with van der Waals surface area (Å²) in [6.45, 7) is 10.1. The van der Waals surface area contributed by atoms with Crippen molar-refractivity contribution in [1.82, 2.24) is 15.3 Å². The molecule has 2 atom stereocenters. The van der Waals surface area contributed by atoms with Crippen LogP contribution in [0.3, 0.4) is 0 Å². The number of nitrogens with zero attached hydrogens (tertiary/aromatic N) is 2. The van der Waals surface area contributed by atoms with Gasteiger partial charge in [0.25, 0.3) is 0 Å². The van der Waals surface area contributed by atoms with Crippen LogP contribution in [0, 0.1) is 25.7 Å². The maximum atomic E-state index is 6.63. The molecule has 6 heteroatoms. The van der Waals surface area contributed by atoms with Gasteiger partial charge in [-0.05, 0) is 68.5 Å². The third-order valence-electron chi connectivity index (χ3n) is 7.40. The maximum absolute atomic E-state index is 6.63. The number of aromatic amines is 1. The zero-order valence-corrected chi connectivity index (χ0v) is 23.6. The van der Waals surface area contributed by atoms with Crippen LogP contribution in [0.15, 0.2) is 78.0 Å². The Morgan fingerprint density at radius 2 is 1.85 bits per heavy atom. The Labute approximate surface area is 236 Å². The van der Waals surface area contributed by atoms with E-state index in [1.165, 1.54) is 16.7 Å². The zero-order valence-electron chi connectivity index (χ0n) is 23.6. The number of aliphatic imine (C=N–C) groups is 1. The van der Waals surface area contributed by atoms with Crippen molar-refractivity contribution in [3.63, 3.8) is 0 Å². The minimum Gasteiger partial charge on any atom is -0.482 e. The van der Waals surface area contributed by atoms with Crippen molar-refractivity contribution in [2.24, 2.45) is 4.99 Å². The second kappa shape index (κ2) is 12.6. The second-order valence-corrected chi connectivity index (χ2v) is 10.0. The third-order valence-corrected chi connectivity index (χ3v) is 7.40. The first-order chi connectivity index (χ1) is 19.5. The predicted molar refractivity (Wildman–Crippen MR) is 161 cm³/mol. The van der Waals surface area contributed by atoms with Gasteiger partial charge in [0.05, 0.1) is 6.54 Å². The fraction of sp³-hybridized carbons (Fsp3) is 0.294. The molecule has 3 aromatic carbocycles. The first-order valence-electron chi connectivity index (χ1n) is 13.8. The lowest BCUT2D eigenvalue weighted by Crippen LogP contribution is -2.33. The number of hydrogen-bond donors (Lipinski definition) is 2. The molecule has 0 spiro atoms. The molecule has 1 aliphatic heterocycles. The number of H-pyrrole nitrogens is 1. The molecule has 4 aromatic rings. The first kappa shape index (κ1) is 27.1. The van der Waals surface area contributed by atoms with Gasteiger partial charge in [-0.3, -0.25) is 4.99 Å². The fourth-order valence-electron chi connectivity index (χ4n) is 5.16. The number of amidine groups is 1. The number of ether oxygens (including phenoxy) is 2. The third kappa shape index (κ3) is 6.05. The SMILES string of the molecule is CC#CCOc1ccccc1-c1ccc(C[C@H](c2ncc[nH]2)c2cccc(C)c2C)cc1OC(C)C1=NCCN1. The number of aryl methyl sites for hydroxylation is 1. The number of aromatic nitrogens is 2. The molecule has 0 saturated carbocycles. The molecule has 1 unspecified atom stereocenters. The monoisotopic (exact) mass is 532 g/mol. The number of imidazole rings is 1. The van der Waals surface area contributed by atoms with Crippen LogP contribution in [0.25, 0.3) is 11.1 Å². The molecule has 204 valence electrons. The highest BCUT2D eigenvalue weighted by Gasteiger charge is 2.23. The molecule has 2 heterocycles. The molecular weight excluding hydrogens is 496 g/mol. The highest BCUT2D eigenvalue weighted by molar-refractivity contribution is 5.88. The summed E-state index contributed by atoms with van der Waals surface area (Å²) < 4.78 is 12.7. The van der Waals surface area contributed by atoms with Crippen LogP contribution in [-0.4, -0.2) is 41.6 Å². The molecule has 0 aliphatic carbocycles. The van der Waals surface area contributed by atoms with Crippen molar-refractivity contribution in [1.29, 1.82) is 0 Å². The normalized spacial score (nSPS) is 13.9. The van der Waals surface area contributed by atoms with E-state index < -0.39 is 0 Å². The molecule has 0 fully saturated rings. The number of hydrogen-bond acceptors (Lipinski definition) is 5. The van der Waals surface area contributed by atoms with E-state index in [-0.39, 0.29) is 12.0 Å². The van der Waals surface area contributed by atoms with E-state index in [9.17, 15) is 0 Å². The van der Waals surface area contributed by atoms with Gasteiger partial charge in [0, 0.05) is 36.0 Å². The predicted octanol–water partition coefficient (Wildman–Crippen LogP) is 6.24. The van der Waals surface area contributed by atoms with E-state index in [4.69, 9.17) is 9.47 Å². The molecule has 2 N–H and O–H groups in total. The van der Waals surface area contributed by atoms with Crippen LogP contribution in [0.4, 0.5) is 0 Å². The number of nitrogens with one attached hydrogen (secondary N) is 2. The molecule has 40 heavy (non-hydrogen) atoms. The standard InChI is InChI=1S/C34H36N4O2/c1-5-6-20-39-31-13-8-7-11-28(31)29-15-14-26(22-32(29)40-25(4)33-35-16-17-36-33)21-30(34-37-18-19-38-34)27-12-9-10-23(2)24(27)3/h7-15,18-19,22,25,30H,16-17,20-21H2,1-4H3,(H,35,36)(H,37,38)/t25?,30-/m0/s1. The summed E-state index contributed by atoms with van der Waals surface area (Å²) in [4.78, 5) is 12.6. The number of benzene rings is 3. The topological polar surface area (TPSA) is 71.5 Å². The lowest BCUT2D eigenvalue weighted by atomic mass is 9.86. The Hall–Kier alpha value is -4.50. The summed E-state index contributed by atoms with van der Waals surface area (Å²) in [5.74, 6) is 9.36. The summed E-state index contributed by atoms with van der Waals surface area (Å²) in [7, 11) is 0. The molecule has 1 aromatic heterocycles. The van der Waals surface area contributed by atoms with Gasteiger partial charge < -0.3 is 19.8 Å². The highest BCUT2D eigenvalue weighted by Crippen LogP contribution is 2.39. The van der Waals surface area contributed by atoms with E-state index >= 15 is 0 Å². The maximum Gasteiger partial charge on any atom is 0.152 e. The number of rotatable bonds is 10. The van der Waals surface area contributed by atoms with Crippen LogP contribution in [0.2, 0.25) is 0 Å². The summed E-state index contributed by atoms with van der Waals surface area (Å²) in [6, 6.07) is 21.0. The van der Waals surface area contributed by atoms with Crippen molar-refractivity contribution < 1.29 is 9.47 Å². The van der Waals surface area contributed by atoms with E-state index in [0.29, 0.717) is 6.61 Å². The second-order valence-electron chi connectivity index (χ2n) is 10.0. The van der Waals surface area contributed by atoms with E-state index in [0.717, 1.165) is 59.4 Å². The van der Waals surface area contributed by atoms with Gasteiger partial charge in [-0.2, -0.15) is 0 Å². The molecular formula is C34H36N4O2. The molecule has 5 rings (SSSR count). The smallest absolute Gasteiger partial charge is 0.152 e. The van der Waals surface area contributed by atoms with Crippen molar-refractivity contribution in [2.75, 3.05) is 19.7 Å². The summed E-state index contributed by atoms with van der Waals surface area (Å²) >= 11 is 0. The first-order valence-corrected chi connectivity index (χ1v) is 13.8. The van der Waals surface area contributed by atoms with Crippen molar-refractivity contribution in [3.8, 4) is 34.5 Å². The van der Waals surface area contributed by atoms with Crippen LogP contribution >= 0.6 is 0 Å². The Balaban J connectivity index is 1.55. The molecule has 0 radical (unpaired) electrons.